The summed E-state index contributed by atoms with van der Waals surface area (Å²) < 4.78 is 7.06. The van der Waals surface area contributed by atoms with E-state index in [2.05, 4.69) is 20.4 Å². The molecule has 0 saturated heterocycles. The van der Waals surface area contributed by atoms with Crippen molar-refractivity contribution in [3.05, 3.63) is 66.4 Å². The van der Waals surface area contributed by atoms with Gasteiger partial charge in [-0.2, -0.15) is 5.10 Å². The first-order valence-electron chi connectivity index (χ1n) is 7.58. The van der Waals surface area contributed by atoms with Crippen LogP contribution in [0.15, 0.2) is 55.2 Å². The summed E-state index contributed by atoms with van der Waals surface area (Å²) in [4.78, 5) is 20.5. The van der Waals surface area contributed by atoms with E-state index in [4.69, 9.17) is 4.74 Å². The predicted molar refractivity (Wildman–Crippen MR) is 87.9 cm³/mol. The van der Waals surface area contributed by atoms with E-state index in [1.54, 1.807) is 29.3 Å². The standard InChI is InChI=1S/C17H17N5O2/c1-2-24-17-14(6-4-8-19-17)10-20-16(23)13-5-3-7-15(9-13)22-12-18-11-21-22/h3-9,11-12H,2,10H2,1H3,(H,20,23). The van der Waals surface area contributed by atoms with Gasteiger partial charge in [-0.1, -0.05) is 12.1 Å². The van der Waals surface area contributed by atoms with Gasteiger partial charge in [-0.05, 0) is 31.2 Å². The molecule has 1 N–H and O–H groups in total. The molecular weight excluding hydrogens is 306 g/mol. The normalized spacial score (nSPS) is 10.4. The minimum Gasteiger partial charge on any atom is -0.478 e. The molecule has 3 rings (SSSR count). The molecule has 2 aromatic heterocycles. The first-order chi connectivity index (χ1) is 11.8. The van der Waals surface area contributed by atoms with Crippen molar-refractivity contribution in [2.75, 3.05) is 6.61 Å². The van der Waals surface area contributed by atoms with E-state index in [1.807, 2.05) is 31.2 Å². The zero-order chi connectivity index (χ0) is 16.8. The van der Waals surface area contributed by atoms with Gasteiger partial charge in [0.25, 0.3) is 5.91 Å². The van der Waals surface area contributed by atoms with Gasteiger partial charge >= 0.3 is 0 Å². The smallest absolute Gasteiger partial charge is 0.251 e. The summed E-state index contributed by atoms with van der Waals surface area (Å²) in [6.07, 6.45) is 4.70. The van der Waals surface area contributed by atoms with Crippen LogP contribution in [0.25, 0.3) is 5.69 Å². The van der Waals surface area contributed by atoms with Gasteiger partial charge in [0, 0.05) is 23.9 Å². The second-order valence-corrected chi connectivity index (χ2v) is 4.97. The fraction of sp³-hybridized carbons (Fsp3) is 0.176. The number of hydrogen-bond acceptors (Lipinski definition) is 5. The first-order valence-corrected chi connectivity index (χ1v) is 7.58. The molecule has 24 heavy (non-hydrogen) atoms. The van der Waals surface area contributed by atoms with Gasteiger partial charge < -0.3 is 10.1 Å². The number of carbonyl (C=O) groups excluding carboxylic acids is 1. The number of hydrogen-bond donors (Lipinski definition) is 1. The fourth-order valence-corrected chi connectivity index (χ4v) is 2.23. The predicted octanol–water partition coefficient (Wildman–Crippen LogP) is 1.99. The number of pyridine rings is 1. The monoisotopic (exact) mass is 323 g/mol. The lowest BCUT2D eigenvalue weighted by atomic mass is 10.2. The molecule has 0 saturated carbocycles. The zero-order valence-electron chi connectivity index (χ0n) is 13.2. The van der Waals surface area contributed by atoms with Crippen molar-refractivity contribution in [1.82, 2.24) is 25.1 Å². The van der Waals surface area contributed by atoms with Crippen molar-refractivity contribution >= 4 is 5.91 Å². The molecule has 0 aliphatic heterocycles. The number of nitrogens with one attached hydrogen (secondary N) is 1. The van der Waals surface area contributed by atoms with Crippen LogP contribution in [0, 0.1) is 0 Å². The molecule has 0 unspecified atom stereocenters. The molecule has 0 spiro atoms. The number of aromatic nitrogens is 4. The maximum Gasteiger partial charge on any atom is 0.251 e. The van der Waals surface area contributed by atoms with Crippen LogP contribution in [0.5, 0.6) is 5.88 Å². The third-order valence-electron chi connectivity index (χ3n) is 3.36. The number of carbonyl (C=O) groups is 1. The number of nitrogens with zero attached hydrogens (tertiary/aromatic N) is 4. The highest BCUT2D eigenvalue weighted by atomic mass is 16.5. The van der Waals surface area contributed by atoms with Crippen LogP contribution in [0.3, 0.4) is 0 Å². The second kappa shape index (κ2) is 7.36. The molecule has 0 fully saturated rings. The second-order valence-electron chi connectivity index (χ2n) is 4.97. The summed E-state index contributed by atoms with van der Waals surface area (Å²) in [6.45, 7) is 2.76. The van der Waals surface area contributed by atoms with E-state index in [0.29, 0.717) is 24.6 Å². The third-order valence-corrected chi connectivity index (χ3v) is 3.36. The highest BCUT2D eigenvalue weighted by Crippen LogP contribution is 2.14. The summed E-state index contributed by atoms with van der Waals surface area (Å²) in [5, 5.41) is 6.94. The van der Waals surface area contributed by atoms with Gasteiger partial charge in [-0.25, -0.2) is 14.6 Å². The summed E-state index contributed by atoms with van der Waals surface area (Å²) in [6, 6.07) is 10.9. The lowest BCUT2D eigenvalue weighted by Crippen LogP contribution is -2.23. The number of ether oxygens (including phenoxy) is 1. The van der Waals surface area contributed by atoms with E-state index in [0.717, 1.165) is 11.3 Å². The topological polar surface area (TPSA) is 81.9 Å². The third kappa shape index (κ3) is 3.57. The minimum absolute atomic E-state index is 0.178. The lowest BCUT2D eigenvalue weighted by molar-refractivity contribution is 0.0950. The van der Waals surface area contributed by atoms with Gasteiger partial charge in [0.2, 0.25) is 5.88 Å². The van der Waals surface area contributed by atoms with Gasteiger partial charge in [0.05, 0.1) is 12.3 Å². The van der Waals surface area contributed by atoms with Gasteiger partial charge in [-0.3, -0.25) is 4.79 Å². The van der Waals surface area contributed by atoms with Crippen LogP contribution in [-0.2, 0) is 6.54 Å². The average Bonchev–Trinajstić information content (AvgIpc) is 3.16. The summed E-state index contributed by atoms with van der Waals surface area (Å²) >= 11 is 0. The Morgan fingerprint density at radius 1 is 1.29 bits per heavy atom. The Kier molecular flexibility index (Phi) is 4.81. The zero-order valence-corrected chi connectivity index (χ0v) is 13.2. The van der Waals surface area contributed by atoms with Crippen molar-refractivity contribution in [1.29, 1.82) is 0 Å². The maximum absolute atomic E-state index is 12.4. The fourth-order valence-electron chi connectivity index (χ4n) is 2.23. The Bertz CT molecular complexity index is 817. The Balaban J connectivity index is 1.71. The Hall–Kier alpha value is -3.22. The van der Waals surface area contributed by atoms with E-state index in [-0.39, 0.29) is 5.91 Å². The van der Waals surface area contributed by atoms with Gasteiger partial charge in [0.1, 0.15) is 12.7 Å². The van der Waals surface area contributed by atoms with Crippen molar-refractivity contribution in [2.45, 2.75) is 13.5 Å². The van der Waals surface area contributed by atoms with Crippen molar-refractivity contribution in [3.8, 4) is 11.6 Å². The van der Waals surface area contributed by atoms with Crippen LogP contribution in [0.1, 0.15) is 22.8 Å². The summed E-state index contributed by atoms with van der Waals surface area (Å²) in [7, 11) is 0. The quantitative estimate of drug-likeness (QED) is 0.750. The van der Waals surface area contributed by atoms with Crippen LogP contribution < -0.4 is 10.1 Å². The number of amides is 1. The molecule has 0 aliphatic rings. The summed E-state index contributed by atoms with van der Waals surface area (Å²) in [5.41, 5.74) is 2.15. The number of benzene rings is 1. The van der Waals surface area contributed by atoms with Gasteiger partial charge in [-0.15, -0.1) is 0 Å². The Labute approximate surface area is 139 Å². The molecule has 2 heterocycles. The SMILES string of the molecule is CCOc1ncccc1CNC(=O)c1cccc(-n2cncn2)c1. The highest BCUT2D eigenvalue weighted by Gasteiger charge is 2.09. The molecule has 7 nitrogen and oxygen atoms in total. The first kappa shape index (κ1) is 15.7. The van der Waals surface area contributed by atoms with Crippen LogP contribution in [-0.4, -0.2) is 32.3 Å². The number of rotatable bonds is 6. The Morgan fingerprint density at radius 2 is 2.21 bits per heavy atom. The highest BCUT2D eigenvalue weighted by molar-refractivity contribution is 5.94. The Morgan fingerprint density at radius 3 is 3.00 bits per heavy atom. The maximum atomic E-state index is 12.4. The molecule has 0 bridgehead atoms. The molecule has 7 heteroatoms. The van der Waals surface area contributed by atoms with E-state index in [1.165, 1.54) is 6.33 Å². The molecule has 0 atom stereocenters. The van der Waals surface area contributed by atoms with Gasteiger partial charge in [0.15, 0.2) is 0 Å². The molecule has 3 aromatic rings. The minimum atomic E-state index is -0.178. The molecule has 1 amide bonds. The van der Waals surface area contributed by atoms with Crippen LogP contribution >= 0.6 is 0 Å². The van der Waals surface area contributed by atoms with Crippen LogP contribution in [0.4, 0.5) is 0 Å². The molecule has 0 radical (unpaired) electrons. The van der Waals surface area contributed by atoms with Crippen molar-refractivity contribution in [3.63, 3.8) is 0 Å². The molecule has 122 valence electrons. The lowest BCUT2D eigenvalue weighted by Gasteiger charge is -2.10. The summed E-state index contributed by atoms with van der Waals surface area (Å²) in [5.74, 6) is 0.361. The largest absolute Gasteiger partial charge is 0.478 e. The molecule has 1 aromatic carbocycles. The average molecular weight is 323 g/mol. The molecule has 0 aliphatic carbocycles. The van der Waals surface area contributed by atoms with Crippen molar-refractivity contribution < 1.29 is 9.53 Å². The van der Waals surface area contributed by atoms with Crippen LogP contribution in [0.2, 0.25) is 0 Å². The van der Waals surface area contributed by atoms with E-state index in [9.17, 15) is 4.79 Å². The van der Waals surface area contributed by atoms with Crippen molar-refractivity contribution in [2.24, 2.45) is 0 Å². The van der Waals surface area contributed by atoms with E-state index < -0.39 is 0 Å². The van der Waals surface area contributed by atoms with E-state index >= 15 is 0 Å². The molecular formula is C17H17N5O2.